The predicted octanol–water partition coefficient (Wildman–Crippen LogP) is 2.28. The first-order valence-corrected chi connectivity index (χ1v) is 9.35. The standard InChI is InChI=1S/C19H27FN4O2/c1-21-18(25)17(14-4-2-3-5-14)23-10-12-24(13-11-23)19(26)22-16-8-6-15(20)7-9-16/h6-9,14,17H,2-5,10-13H2,1H3,(H,21,25)(H,22,26)/t17-/m1/s1. The molecule has 3 rings (SSSR count). The van der Waals surface area contributed by atoms with Gasteiger partial charge < -0.3 is 15.5 Å². The van der Waals surface area contributed by atoms with E-state index in [4.69, 9.17) is 0 Å². The van der Waals surface area contributed by atoms with Crippen LogP contribution in [0.1, 0.15) is 25.7 Å². The molecule has 1 aromatic carbocycles. The fraction of sp³-hybridized carbons (Fsp3) is 0.579. The monoisotopic (exact) mass is 362 g/mol. The maximum atomic E-state index is 13.0. The van der Waals surface area contributed by atoms with Gasteiger partial charge in [0.25, 0.3) is 0 Å². The van der Waals surface area contributed by atoms with Crippen molar-refractivity contribution in [2.24, 2.45) is 5.92 Å². The second-order valence-electron chi connectivity index (χ2n) is 7.06. The van der Waals surface area contributed by atoms with E-state index in [1.807, 2.05) is 0 Å². The Morgan fingerprint density at radius 3 is 2.27 bits per heavy atom. The highest BCUT2D eigenvalue weighted by atomic mass is 19.1. The molecule has 0 spiro atoms. The molecule has 6 nitrogen and oxygen atoms in total. The summed E-state index contributed by atoms with van der Waals surface area (Å²) in [5.74, 6) is 0.166. The van der Waals surface area contributed by atoms with Gasteiger partial charge in [-0.2, -0.15) is 0 Å². The van der Waals surface area contributed by atoms with Crippen LogP contribution in [0.2, 0.25) is 0 Å². The number of likely N-dealkylation sites (N-methyl/N-ethyl adjacent to an activating group) is 1. The van der Waals surface area contributed by atoms with E-state index in [0.717, 1.165) is 12.8 Å². The quantitative estimate of drug-likeness (QED) is 0.864. The molecule has 1 aliphatic carbocycles. The number of rotatable bonds is 4. The Hall–Kier alpha value is -2.15. The van der Waals surface area contributed by atoms with Gasteiger partial charge in [0.15, 0.2) is 0 Å². The van der Waals surface area contributed by atoms with Gasteiger partial charge >= 0.3 is 6.03 Å². The maximum Gasteiger partial charge on any atom is 0.321 e. The van der Waals surface area contributed by atoms with Gasteiger partial charge in [0.1, 0.15) is 5.82 Å². The van der Waals surface area contributed by atoms with Gasteiger partial charge in [0.05, 0.1) is 6.04 Å². The molecule has 1 heterocycles. The number of urea groups is 1. The number of amides is 3. The Morgan fingerprint density at radius 1 is 1.08 bits per heavy atom. The molecule has 2 fully saturated rings. The number of nitrogens with one attached hydrogen (secondary N) is 2. The van der Waals surface area contributed by atoms with Crippen LogP contribution >= 0.6 is 0 Å². The Bertz CT molecular complexity index is 623. The highest BCUT2D eigenvalue weighted by molar-refractivity contribution is 5.89. The van der Waals surface area contributed by atoms with Crippen molar-refractivity contribution in [3.05, 3.63) is 30.1 Å². The normalized spacial score (nSPS) is 20.0. The molecule has 3 amide bonds. The van der Waals surface area contributed by atoms with Crippen molar-refractivity contribution in [2.45, 2.75) is 31.7 Å². The van der Waals surface area contributed by atoms with E-state index in [0.29, 0.717) is 37.8 Å². The number of carbonyl (C=O) groups excluding carboxylic acids is 2. The zero-order valence-electron chi connectivity index (χ0n) is 15.2. The molecule has 7 heteroatoms. The smallest absolute Gasteiger partial charge is 0.321 e. The Balaban J connectivity index is 1.56. The van der Waals surface area contributed by atoms with Crippen molar-refractivity contribution in [3.63, 3.8) is 0 Å². The molecule has 0 unspecified atom stereocenters. The van der Waals surface area contributed by atoms with Crippen molar-refractivity contribution in [3.8, 4) is 0 Å². The minimum absolute atomic E-state index is 0.0844. The van der Waals surface area contributed by atoms with Crippen LogP contribution in [0.4, 0.5) is 14.9 Å². The van der Waals surface area contributed by atoms with Gasteiger partial charge in [-0.25, -0.2) is 9.18 Å². The number of piperazine rings is 1. The maximum absolute atomic E-state index is 13.0. The molecule has 0 aromatic heterocycles. The van der Waals surface area contributed by atoms with Crippen LogP contribution in [-0.2, 0) is 4.79 Å². The zero-order valence-corrected chi connectivity index (χ0v) is 15.2. The van der Waals surface area contributed by atoms with Crippen LogP contribution < -0.4 is 10.6 Å². The molecule has 26 heavy (non-hydrogen) atoms. The van der Waals surface area contributed by atoms with Crippen LogP contribution in [0.25, 0.3) is 0 Å². The third-order valence-corrected chi connectivity index (χ3v) is 5.45. The number of hydrogen-bond acceptors (Lipinski definition) is 3. The summed E-state index contributed by atoms with van der Waals surface area (Å²) >= 11 is 0. The average Bonchev–Trinajstić information content (AvgIpc) is 3.18. The first-order chi connectivity index (χ1) is 12.6. The van der Waals surface area contributed by atoms with Crippen LogP contribution in [-0.4, -0.2) is 61.0 Å². The van der Waals surface area contributed by atoms with E-state index in [9.17, 15) is 14.0 Å². The van der Waals surface area contributed by atoms with Crippen LogP contribution in [0.5, 0.6) is 0 Å². The minimum Gasteiger partial charge on any atom is -0.358 e. The summed E-state index contributed by atoms with van der Waals surface area (Å²) in [5.41, 5.74) is 0.577. The molecule has 0 radical (unpaired) electrons. The number of hydrogen-bond donors (Lipinski definition) is 2. The fourth-order valence-electron chi connectivity index (χ4n) is 4.04. The lowest BCUT2D eigenvalue weighted by Gasteiger charge is -2.40. The zero-order chi connectivity index (χ0) is 18.5. The summed E-state index contributed by atoms with van der Waals surface area (Å²) in [5, 5.41) is 5.60. The van der Waals surface area contributed by atoms with Crippen molar-refractivity contribution in [1.29, 1.82) is 0 Å². The minimum atomic E-state index is -0.330. The van der Waals surface area contributed by atoms with Crippen LogP contribution in [0.3, 0.4) is 0 Å². The van der Waals surface area contributed by atoms with Gasteiger partial charge in [-0.05, 0) is 43.0 Å². The molecule has 1 aromatic rings. The molecular formula is C19H27FN4O2. The third kappa shape index (κ3) is 4.33. The third-order valence-electron chi connectivity index (χ3n) is 5.45. The summed E-state index contributed by atoms with van der Waals surface area (Å²) in [6.45, 7) is 2.53. The predicted molar refractivity (Wildman–Crippen MR) is 98.4 cm³/mol. The number of benzene rings is 1. The fourth-order valence-corrected chi connectivity index (χ4v) is 4.04. The Labute approximate surface area is 153 Å². The lowest BCUT2D eigenvalue weighted by molar-refractivity contribution is -0.128. The number of anilines is 1. The topological polar surface area (TPSA) is 64.7 Å². The Kier molecular flexibility index (Phi) is 6.08. The lowest BCUT2D eigenvalue weighted by atomic mass is 9.95. The van der Waals surface area contributed by atoms with E-state index in [-0.39, 0.29) is 23.8 Å². The second kappa shape index (κ2) is 8.49. The molecule has 1 aliphatic heterocycles. The van der Waals surface area contributed by atoms with Crippen molar-refractivity contribution in [2.75, 3.05) is 38.5 Å². The molecular weight excluding hydrogens is 335 g/mol. The molecule has 1 atom stereocenters. The van der Waals surface area contributed by atoms with Crippen molar-refractivity contribution >= 4 is 17.6 Å². The summed E-state index contributed by atoms with van der Waals surface area (Å²) in [7, 11) is 1.69. The molecule has 142 valence electrons. The molecule has 2 N–H and O–H groups in total. The van der Waals surface area contributed by atoms with Crippen molar-refractivity contribution in [1.82, 2.24) is 15.1 Å². The molecule has 2 aliphatic rings. The first kappa shape index (κ1) is 18.6. The lowest BCUT2D eigenvalue weighted by Crippen LogP contribution is -2.58. The number of nitrogens with zero attached hydrogens (tertiary/aromatic N) is 2. The van der Waals surface area contributed by atoms with Crippen molar-refractivity contribution < 1.29 is 14.0 Å². The second-order valence-corrected chi connectivity index (χ2v) is 7.06. The highest BCUT2D eigenvalue weighted by Crippen LogP contribution is 2.31. The number of halogens is 1. The van der Waals surface area contributed by atoms with E-state index in [1.54, 1.807) is 24.1 Å². The van der Waals surface area contributed by atoms with Gasteiger partial charge in [-0.15, -0.1) is 0 Å². The number of carbonyl (C=O) groups is 2. The summed E-state index contributed by atoms with van der Waals surface area (Å²) in [6, 6.07) is 5.46. The van der Waals surface area contributed by atoms with E-state index in [1.165, 1.54) is 25.0 Å². The summed E-state index contributed by atoms with van der Waals surface area (Å²) < 4.78 is 13.0. The molecule has 1 saturated carbocycles. The first-order valence-electron chi connectivity index (χ1n) is 9.35. The Morgan fingerprint density at radius 2 is 1.69 bits per heavy atom. The van der Waals surface area contributed by atoms with Gasteiger partial charge in [-0.3, -0.25) is 9.69 Å². The molecule has 1 saturated heterocycles. The average molecular weight is 362 g/mol. The van der Waals surface area contributed by atoms with Crippen LogP contribution in [0, 0.1) is 11.7 Å². The SMILES string of the molecule is CNC(=O)[C@@H](C1CCCC1)N1CCN(C(=O)Nc2ccc(F)cc2)CC1. The molecule has 0 bridgehead atoms. The van der Waals surface area contributed by atoms with Crippen LogP contribution in [0.15, 0.2) is 24.3 Å². The van der Waals surface area contributed by atoms with E-state index < -0.39 is 0 Å². The largest absolute Gasteiger partial charge is 0.358 e. The van der Waals surface area contributed by atoms with E-state index >= 15 is 0 Å². The summed E-state index contributed by atoms with van der Waals surface area (Å²) in [4.78, 5) is 28.8. The van der Waals surface area contributed by atoms with Gasteiger partial charge in [0.2, 0.25) is 5.91 Å². The van der Waals surface area contributed by atoms with Gasteiger partial charge in [-0.1, -0.05) is 12.8 Å². The van der Waals surface area contributed by atoms with Gasteiger partial charge in [0, 0.05) is 38.9 Å². The summed E-state index contributed by atoms with van der Waals surface area (Å²) in [6.07, 6.45) is 4.59. The highest BCUT2D eigenvalue weighted by Gasteiger charge is 2.36. The van der Waals surface area contributed by atoms with E-state index in [2.05, 4.69) is 15.5 Å².